The summed E-state index contributed by atoms with van der Waals surface area (Å²) < 4.78 is 0. The third-order valence-corrected chi connectivity index (χ3v) is 1.70. The van der Waals surface area contributed by atoms with E-state index in [-0.39, 0.29) is 5.84 Å². The first-order valence-electron chi connectivity index (χ1n) is 3.09. The smallest absolute Gasteiger partial charge is 0.141 e. The van der Waals surface area contributed by atoms with E-state index in [0.29, 0.717) is 16.4 Å². The minimum absolute atomic E-state index is 0.0373. The standard InChI is InChI=1S/C7H8ClN3/c1-4-5(8)2-3-6(11-4)7(9)10/h2-3H,1H3,(H3,9,10). The van der Waals surface area contributed by atoms with Crippen LogP contribution < -0.4 is 5.73 Å². The zero-order chi connectivity index (χ0) is 8.43. The van der Waals surface area contributed by atoms with Gasteiger partial charge in [0, 0.05) is 0 Å². The van der Waals surface area contributed by atoms with Crippen molar-refractivity contribution >= 4 is 17.4 Å². The Morgan fingerprint density at radius 1 is 1.64 bits per heavy atom. The second-order valence-electron chi connectivity index (χ2n) is 2.18. The van der Waals surface area contributed by atoms with Gasteiger partial charge in [0.15, 0.2) is 0 Å². The third-order valence-electron chi connectivity index (χ3n) is 1.30. The van der Waals surface area contributed by atoms with E-state index in [4.69, 9.17) is 22.7 Å². The lowest BCUT2D eigenvalue weighted by atomic mass is 10.3. The molecule has 1 aromatic rings. The highest BCUT2D eigenvalue weighted by atomic mass is 35.5. The van der Waals surface area contributed by atoms with E-state index in [1.807, 2.05) is 0 Å². The van der Waals surface area contributed by atoms with Gasteiger partial charge in [-0.15, -0.1) is 0 Å². The zero-order valence-corrected chi connectivity index (χ0v) is 6.81. The number of nitrogens with two attached hydrogens (primary N) is 1. The van der Waals surface area contributed by atoms with Crippen molar-refractivity contribution in [3.8, 4) is 0 Å². The van der Waals surface area contributed by atoms with E-state index in [9.17, 15) is 0 Å². The molecule has 0 aromatic carbocycles. The molecule has 0 aliphatic carbocycles. The van der Waals surface area contributed by atoms with Gasteiger partial charge in [-0.05, 0) is 19.1 Å². The minimum atomic E-state index is -0.0373. The van der Waals surface area contributed by atoms with Gasteiger partial charge >= 0.3 is 0 Å². The summed E-state index contributed by atoms with van der Waals surface area (Å²) in [5, 5.41) is 7.67. The molecule has 1 heterocycles. The molecule has 4 heteroatoms. The molecule has 0 bridgehead atoms. The normalized spacial score (nSPS) is 9.64. The Balaban J connectivity index is 3.15. The molecule has 0 saturated carbocycles. The SMILES string of the molecule is Cc1nc(C(=N)N)ccc1Cl. The topological polar surface area (TPSA) is 62.8 Å². The van der Waals surface area contributed by atoms with Crippen molar-refractivity contribution in [1.82, 2.24) is 4.98 Å². The van der Waals surface area contributed by atoms with Crippen LogP contribution in [0.1, 0.15) is 11.4 Å². The van der Waals surface area contributed by atoms with Crippen LogP contribution in [0.4, 0.5) is 0 Å². The van der Waals surface area contributed by atoms with Crippen LogP contribution in [0.15, 0.2) is 12.1 Å². The molecule has 0 atom stereocenters. The van der Waals surface area contributed by atoms with Crippen LogP contribution in [0.5, 0.6) is 0 Å². The number of nitrogens with zero attached hydrogens (tertiary/aromatic N) is 1. The summed E-state index contributed by atoms with van der Waals surface area (Å²) in [5.41, 5.74) is 6.37. The molecule has 0 aliphatic heterocycles. The fourth-order valence-electron chi connectivity index (χ4n) is 0.694. The monoisotopic (exact) mass is 169 g/mol. The molecular formula is C7H8ClN3. The first-order chi connectivity index (χ1) is 5.11. The van der Waals surface area contributed by atoms with Crippen molar-refractivity contribution in [2.75, 3.05) is 0 Å². The lowest BCUT2D eigenvalue weighted by Gasteiger charge is -1.99. The molecule has 3 N–H and O–H groups in total. The average Bonchev–Trinajstić information content (AvgIpc) is 1.94. The Bertz CT molecular complexity index is 296. The number of halogens is 1. The minimum Gasteiger partial charge on any atom is -0.382 e. The number of aryl methyl sites for hydroxylation is 1. The molecule has 3 nitrogen and oxygen atoms in total. The molecule has 58 valence electrons. The van der Waals surface area contributed by atoms with Crippen LogP contribution in [0.2, 0.25) is 5.02 Å². The van der Waals surface area contributed by atoms with E-state index in [0.717, 1.165) is 0 Å². The summed E-state index contributed by atoms with van der Waals surface area (Å²) >= 11 is 5.71. The van der Waals surface area contributed by atoms with Crippen LogP contribution >= 0.6 is 11.6 Å². The first kappa shape index (κ1) is 8.01. The van der Waals surface area contributed by atoms with Crippen molar-refractivity contribution < 1.29 is 0 Å². The first-order valence-corrected chi connectivity index (χ1v) is 3.46. The van der Waals surface area contributed by atoms with Gasteiger partial charge in [0.25, 0.3) is 0 Å². The molecule has 0 fully saturated rings. The van der Waals surface area contributed by atoms with Gasteiger partial charge in [-0.1, -0.05) is 11.6 Å². The lowest BCUT2D eigenvalue weighted by Crippen LogP contribution is -2.13. The molecule has 1 aromatic heterocycles. The Labute approximate surface area is 69.7 Å². The molecule has 0 unspecified atom stereocenters. The summed E-state index contributed by atoms with van der Waals surface area (Å²) in [5.74, 6) is -0.0373. The Kier molecular flexibility index (Phi) is 2.10. The number of rotatable bonds is 1. The Morgan fingerprint density at radius 2 is 2.27 bits per heavy atom. The quantitative estimate of drug-likeness (QED) is 0.492. The fourth-order valence-corrected chi connectivity index (χ4v) is 0.799. The van der Waals surface area contributed by atoms with Gasteiger partial charge in [0.05, 0.1) is 10.7 Å². The highest BCUT2D eigenvalue weighted by Crippen LogP contribution is 2.11. The van der Waals surface area contributed by atoms with E-state index >= 15 is 0 Å². The molecule has 0 aliphatic rings. The van der Waals surface area contributed by atoms with Crippen molar-refractivity contribution in [2.45, 2.75) is 6.92 Å². The van der Waals surface area contributed by atoms with Gasteiger partial charge in [0.2, 0.25) is 0 Å². The molecule has 0 spiro atoms. The maximum atomic E-state index is 7.07. The van der Waals surface area contributed by atoms with Gasteiger partial charge in [0.1, 0.15) is 11.5 Å². The summed E-state index contributed by atoms with van der Waals surface area (Å²) in [6.07, 6.45) is 0. The van der Waals surface area contributed by atoms with Gasteiger partial charge in [-0.3, -0.25) is 5.41 Å². The molecule has 0 radical (unpaired) electrons. The van der Waals surface area contributed by atoms with Crippen LogP contribution in [0.25, 0.3) is 0 Å². The molecule has 1 rings (SSSR count). The number of pyridine rings is 1. The number of nitrogens with one attached hydrogen (secondary N) is 1. The Hall–Kier alpha value is -1.09. The van der Waals surface area contributed by atoms with Crippen LogP contribution in [-0.2, 0) is 0 Å². The maximum absolute atomic E-state index is 7.07. The highest BCUT2D eigenvalue weighted by molar-refractivity contribution is 6.31. The Morgan fingerprint density at radius 3 is 2.73 bits per heavy atom. The third kappa shape index (κ3) is 1.68. The number of nitrogen functional groups attached to an aromatic ring is 1. The lowest BCUT2D eigenvalue weighted by molar-refractivity contribution is 1.16. The van der Waals surface area contributed by atoms with Crippen molar-refractivity contribution in [2.24, 2.45) is 5.73 Å². The highest BCUT2D eigenvalue weighted by Gasteiger charge is 2.00. The van der Waals surface area contributed by atoms with Crippen LogP contribution in [0.3, 0.4) is 0 Å². The summed E-state index contributed by atoms with van der Waals surface area (Å²) in [7, 11) is 0. The number of aromatic nitrogens is 1. The molecular weight excluding hydrogens is 162 g/mol. The van der Waals surface area contributed by atoms with Crippen molar-refractivity contribution in [3.05, 3.63) is 28.5 Å². The van der Waals surface area contributed by atoms with Gasteiger partial charge < -0.3 is 5.73 Å². The van der Waals surface area contributed by atoms with Gasteiger partial charge in [-0.25, -0.2) is 4.98 Å². The van der Waals surface area contributed by atoms with Crippen molar-refractivity contribution in [1.29, 1.82) is 5.41 Å². The molecule has 0 saturated heterocycles. The number of hydrogen-bond donors (Lipinski definition) is 2. The second-order valence-corrected chi connectivity index (χ2v) is 2.58. The van der Waals surface area contributed by atoms with E-state index < -0.39 is 0 Å². The second kappa shape index (κ2) is 2.88. The number of hydrogen-bond acceptors (Lipinski definition) is 2. The predicted molar refractivity (Wildman–Crippen MR) is 45.0 cm³/mol. The number of amidine groups is 1. The zero-order valence-electron chi connectivity index (χ0n) is 6.06. The predicted octanol–water partition coefficient (Wildman–Crippen LogP) is 1.33. The summed E-state index contributed by atoms with van der Waals surface area (Å²) in [6, 6.07) is 3.30. The maximum Gasteiger partial charge on any atom is 0.141 e. The molecule has 11 heavy (non-hydrogen) atoms. The van der Waals surface area contributed by atoms with E-state index in [2.05, 4.69) is 4.98 Å². The van der Waals surface area contributed by atoms with Crippen molar-refractivity contribution in [3.63, 3.8) is 0 Å². The summed E-state index contributed by atoms with van der Waals surface area (Å²) in [4.78, 5) is 3.99. The van der Waals surface area contributed by atoms with E-state index in [1.54, 1.807) is 19.1 Å². The van der Waals surface area contributed by atoms with Crippen LogP contribution in [0, 0.1) is 12.3 Å². The van der Waals surface area contributed by atoms with Crippen LogP contribution in [-0.4, -0.2) is 10.8 Å². The molecule has 0 amide bonds. The fraction of sp³-hybridized carbons (Fsp3) is 0.143. The van der Waals surface area contributed by atoms with Gasteiger partial charge in [-0.2, -0.15) is 0 Å². The average molecular weight is 170 g/mol. The largest absolute Gasteiger partial charge is 0.382 e. The van der Waals surface area contributed by atoms with E-state index in [1.165, 1.54) is 0 Å². The summed E-state index contributed by atoms with van der Waals surface area (Å²) in [6.45, 7) is 1.77.